The summed E-state index contributed by atoms with van der Waals surface area (Å²) < 4.78 is 5.63. The minimum absolute atomic E-state index is 0.0384. The molecule has 0 aliphatic carbocycles. The van der Waals surface area contributed by atoms with Crippen molar-refractivity contribution < 1.29 is 9.53 Å². The fourth-order valence-corrected chi connectivity index (χ4v) is 1.67. The van der Waals surface area contributed by atoms with Crippen LogP contribution in [0.5, 0.6) is 5.75 Å². The van der Waals surface area contributed by atoms with E-state index in [1.54, 1.807) is 21.0 Å². The summed E-state index contributed by atoms with van der Waals surface area (Å²) in [5.74, 6) is 0.677. The highest BCUT2D eigenvalue weighted by Gasteiger charge is 2.16. The molecule has 20 heavy (non-hydrogen) atoms. The lowest BCUT2D eigenvalue weighted by Crippen LogP contribution is -2.35. The molecule has 0 saturated carbocycles. The van der Waals surface area contributed by atoms with E-state index < -0.39 is 6.10 Å². The van der Waals surface area contributed by atoms with E-state index in [9.17, 15) is 4.79 Å². The molecule has 1 N–H and O–H groups in total. The molecule has 1 amide bonds. The average Bonchev–Trinajstić information content (AvgIpc) is 2.36. The summed E-state index contributed by atoms with van der Waals surface area (Å²) in [4.78, 5) is 13.3. The van der Waals surface area contributed by atoms with Crippen LogP contribution in [0.15, 0.2) is 24.3 Å². The van der Waals surface area contributed by atoms with Crippen LogP contribution in [0.2, 0.25) is 0 Å². The van der Waals surface area contributed by atoms with E-state index >= 15 is 0 Å². The van der Waals surface area contributed by atoms with Crippen LogP contribution >= 0.6 is 0 Å². The average molecular weight is 278 g/mol. The molecule has 1 atom stereocenters. The van der Waals surface area contributed by atoms with Crippen LogP contribution in [0.1, 0.15) is 33.3 Å². The van der Waals surface area contributed by atoms with Crippen molar-refractivity contribution in [3.05, 3.63) is 29.8 Å². The van der Waals surface area contributed by atoms with Crippen LogP contribution in [0.3, 0.4) is 0 Å². The highest BCUT2D eigenvalue weighted by atomic mass is 16.5. The van der Waals surface area contributed by atoms with Crippen molar-refractivity contribution in [2.24, 2.45) is 0 Å². The van der Waals surface area contributed by atoms with Crippen LogP contribution in [-0.2, 0) is 11.3 Å². The smallest absolute Gasteiger partial charge is 0.262 e. The fourth-order valence-electron chi connectivity index (χ4n) is 1.67. The second kappa shape index (κ2) is 6.75. The Balaban J connectivity index is 2.56. The summed E-state index contributed by atoms with van der Waals surface area (Å²) in [6, 6.07) is 7.83. The number of hydrogen-bond donors (Lipinski definition) is 1. The zero-order valence-electron chi connectivity index (χ0n) is 13.4. The Kier molecular flexibility index (Phi) is 5.57. The number of hydrogen-bond acceptors (Lipinski definition) is 3. The van der Waals surface area contributed by atoms with Gasteiger partial charge in [-0.25, -0.2) is 0 Å². The van der Waals surface area contributed by atoms with Crippen molar-refractivity contribution in [2.75, 3.05) is 14.1 Å². The minimum Gasteiger partial charge on any atom is -0.481 e. The molecule has 0 aromatic heterocycles. The molecule has 1 unspecified atom stereocenters. The fraction of sp³-hybridized carbons (Fsp3) is 0.562. The van der Waals surface area contributed by atoms with Gasteiger partial charge in [0.15, 0.2) is 6.10 Å². The van der Waals surface area contributed by atoms with Gasteiger partial charge in [0.2, 0.25) is 0 Å². The third-order valence-corrected chi connectivity index (χ3v) is 2.85. The predicted octanol–water partition coefficient (Wildman–Crippen LogP) is 2.43. The number of carbonyl (C=O) groups is 1. The molecule has 0 aliphatic heterocycles. The molecular weight excluding hydrogens is 252 g/mol. The van der Waals surface area contributed by atoms with Gasteiger partial charge < -0.3 is 15.0 Å². The summed E-state index contributed by atoms with van der Waals surface area (Å²) in [5.41, 5.74) is 1.29. The first-order chi connectivity index (χ1) is 9.19. The van der Waals surface area contributed by atoms with Crippen LogP contribution in [0.25, 0.3) is 0 Å². The molecule has 1 rings (SSSR count). The quantitative estimate of drug-likeness (QED) is 0.899. The Labute approximate surface area is 122 Å². The van der Waals surface area contributed by atoms with Gasteiger partial charge in [-0.3, -0.25) is 4.79 Å². The second-order valence-corrected chi connectivity index (χ2v) is 6.24. The largest absolute Gasteiger partial charge is 0.481 e. The van der Waals surface area contributed by atoms with E-state index in [0.717, 1.165) is 6.54 Å². The van der Waals surface area contributed by atoms with E-state index in [4.69, 9.17) is 4.74 Å². The first kappa shape index (κ1) is 16.5. The molecule has 0 radical (unpaired) electrons. The molecule has 0 spiro atoms. The maximum absolute atomic E-state index is 11.7. The number of likely N-dealkylation sites (N-methyl/N-ethyl adjacent to an activating group) is 1. The van der Waals surface area contributed by atoms with Crippen LogP contribution in [0, 0.1) is 0 Å². The summed E-state index contributed by atoms with van der Waals surface area (Å²) in [7, 11) is 3.45. The Bertz CT molecular complexity index is 433. The van der Waals surface area contributed by atoms with Crippen molar-refractivity contribution in [1.82, 2.24) is 10.2 Å². The number of ether oxygens (including phenoxy) is 1. The number of nitrogens with zero attached hydrogens (tertiary/aromatic N) is 1. The number of benzene rings is 1. The Morgan fingerprint density at radius 1 is 1.25 bits per heavy atom. The molecule has 4 nitrogen and oxygen atoms in total. The van der Waals surface area contributed by atoms with E-state index in [1.807, 2.05) is 24.3 Å². The highest BCUT2D eigenvalue weighted by Crippen LogP contribution is 2.15. The Hall–Kier alpha value is -1.55. The van der Waals surface area contributed by atoms with E-state index in [-0.39, 0.29) is 11.4 Å². The maximum atomic E-state index is 11.7. The first-order valence-electron chi connectivity index (χ1n) is 6.91. The van der Waals surface area contributed by atoms with Crippen molar-refractivity contribution >= 4 is 5.91 Å². The third kappa shape index (κ3) is 5.61. The lowest BCUT2D eigenvalue weighted by Gasteiger charge is -2.21. The SMILES string of the molecule is CC(Oc1ccc(CNC(C)(C)C)cc1)C(=O)N(C)C. The number of rotatable bonds is 5. The predicted molar refractivity (Wildman–Crippen MR) is 81.8 cm³/mol. The Morgan fingerprint density at radius 3 is 2.25 bits per heavy atom. The highest BCUT2D eigenvalue weighted by molar-refractivity contribution is 5.80. The molecule has 112 valence electrons. The van der Waals surface area contributed by atoms with Gasteiger partial charge in [0.05, 0.1) is 0 Å². The van der Waals surface area contributed by atoms with Crippen molar-refractivity contribution in [1.29, 1.82) is 0 Å². The molecular formula is C16H26N2O2. The first-order valence-corrected chi connectivity index (χ1v) is 6.91. The van der Waals surface area contributed by atoms with E-state index in [0.29, 0.717) is 5.75 Å². The standard InChI is InChI=1S/C16H26N2O2/c1-12(15(19)18(5)6)20-14-9-7-13(8-10-14)11-17-16(2,3)4/h7-10,12,17H,11H2,1-6H3. The molecule has 1 aromatic carbocycles. The summed E-state index contributed by atoms with van der Waals surface area (Å²) in [6.45, 7) is 8.99. The molecule has 0 aliphatic rings. The third-order valence-electron chi connectivity index (χ3n) is 2.85. The lowest BCUT2D eigenvalue weighted by molar-refractivity contribution is -0.135. The van der Waals surface area contributed by atoms with Gasteiger partial charge in [0.25, 0.3) is 5.91 Å². The number of carbonyl (C=O) groups excluding carboxylic acids is 1. The van der Waals surface area contributed by atoms with Gasteiger partial charge >= 0.3 is 0 Å². The van der Waals surface area contributed by atoms with Gasteiger partial charge in [-0.2, -0.15) is 0 Å². The molecule has 1 aromatic rings. The molecule has 0 bridgehead atoms. The molecule has 4 heteroatoms. The van der Waals surface area contributed by atoms with Crippen LogP contribution in [-0.4, -0.2) is 36.5 Å². The van der Waals surface area contributed by atoms with Gasteiger partial charge in [0.1, 0.15) is 5.75 Å². The topological polar surface area (TPSA) is 41.6 Å². The van der Waals surface area contributed by atoms with Gasteiger partial charge in [0, 0.05) is 26.2 Å². The van der Waals surface area contributed by atoms with Crippen LogP contribution in [0.4, 0.5) is 0 Å². The Morgan fingerprint density at radius 2 is 1.80 bits per heavy atom. The van der Waals surface area contributed by atoms with Crippen LogP contribution < -0.4 is 10.1 Å². The number of amides is 1. The monoisotopic (exact) mass is 278 g/mol. The number of nitrogens with one attached hydrogen (secondary N) is 1. The molecule has 0 fully saturated rings. The van der Waals surface area contributed by atoms with Crippen molar-refractivity contribution in [2.45, 2.75) is 45.9 Å². The van der Waals surface area contributed by atoms with Gasteiger partial charge in [-0.1, -0.05) is 12.1 Å². The van der Waals surface area contributed by atoms with Gasteiger partial charge in [-0.05, 0) is 45.4 Å². The minimum atomic E-state index is -0.469. The zero-order valence-corrected chi connectivity index (χ0v) is 13.4. The normalized spacial score (nSPS) is 12.9. The summed E-state index contributed by atoms with van der Waals surface area (Å²) >= 11 is 0. The maximum Gasteiger partial charge on any atom is 0.262 e. The lowest BCUT2D eigenvalue weighted by atomic mass is 10.1. The van der Waals surface area contributed by atoms with E-state index in [1.165, 1.54) is 10.5 Å². The summed E-state index contributed by atoms with van der Waals surface area (Å²) in [5, 5.41) is 3.43. The van der Waals surface area contributed by atoms with Crippen molar-refractivity contribution in [3.8, 4) is 5.75 Å². The van der Waals surface area contributed by atoms with E-state index in [2.05, 4.69) is 26.1 Å². The second-order valence-electron chi connectivity index (χ2n) is 6.24. The van der Waals surface area contributed by atoms with Crippen molar-refractivity contribution in [3.63, 3.8) is 0 Å². The molecule has 0 heterocycles. The zero-order chi connectivity index (χ0) is 15.3. The van der Waals surface area contributed by atoms with Gasteiger partial charge in [-0.15, -0.1) is 0 Å². The molecule has 0 saturated heterocycles. The summed E-state index contributed by atoms with van der Waals surface area (Å²) in [6.07, 6.45) is -0.469.